The minimum absolute atomic E-state index is 0.0453. The quantitative estimate of drug-likeness (QED) is 0.887. The van der Waals surface area contributed by atoms with Crippen LogP contribution in [-0.2, 0) is 0 Å². The second kappa shape index (κ2) is 6.43. The first kappa shape index (κ1) is 12.9. The lowest BCUT2D eigenvalue weighted by molar-refractivity contribution is 0.205. The molecular weight excluding hydrogens is 246 g/mol. The van der Waals surface area contributed by atoms with Crippen LogP contribution in [0.3, 0.4) is 0 Å². The van der Waals surface area contributed by atoms with E-state index in [-0.39, 0.29) is 6.10 Å². The Morgan fingerprint density at radius 1 is 1.06 bits per heavy atom. The van der Waals surface area contributed by atoms with Gasteiger partial charge in [0.15, 0.2) is 0 Å². The van der Waals surface area contributed by atoms with E-state index in [1.807, 2.05) is 49.5 Å². The maximum atomic E-state index is 6.11. The van der Waals surface area contributed by atoms with Crippen LogP contribution in [0.25, 0.3) is 0 Å². The van der Waals surface area contributed by atoms with E-state index >= 15 is 0 Å². The zero-order valence-corrected chi connectivity index (χ0v) is 11.0. The van der Waals surface area contributed by atoms with Crippen LogP contribution in [0.4, 0.5) is 0 Å². The molecule has 0 saturated heterocycles. The summed E-state index contributed by atoms with van der Waals surface area (Å²) in [5, 5.41) is 3.77. The molecule has 1 unspecified atom stereocenters. The Hall–Kier alpha value is -1.51. The van der Waals surface area contributed by atoms with Crippen molar-refractivity contribution in [2.75, 3.05) is 13.6 Å². The number of nitrogens with one attached hydrogen (secondary N) is 1. The number of hydrogen-bond donors (Lipinski definition) is 1. The van der Waals surface area contributed by atoms with Gasteiger partial charge in [0.2, 0.25) is 0 Å². The third-order valence-corrected chi connectivity index (χ3v) is 2.98. The monoisotopic (exact) mass is 261 g/mol. The summed E-state index contributed by atoms with van der Waals surface area (Å²) in [5.41, 5.74) is 1.13. The minimum atomic E-state index is -0.0453. The SMILES string of the molecule is CNCC(Oc1ccccc1Cl)c1ccccc1. The van der Waals surface area contributed by atoms with Crippen LogP contribution < -0.4 is 10.1 Å². The fourth-order valence-electron chi connectivity index (χ4n) is 1.77. The maximum Gasteiger partial charge on any atom is 0.138 e. The van der Waals surface area contributed by atoms with Crippen molar-refractivity contribution < 1.29 is 4.74 Å². The van der Waals surface area contributed by atoms with Gasteiger partial charge in [0.1, 0.15) is 11.9 Å². The molecule has 0 radical (unpaired) electrons. The molecule has 0 spiro atoms. The van der Waals surface area contributed by atoms with Gasteiger partial charge in [-0.3, -0.25) is 0 Å². The lowest BCUT2D eigenvalue weighted by Crippen LogP contribution is -2.22. The Labute approximate surface area is 113 Å². The molecule has 2 rings (SSSR count). The molecule has 3 heteroatoms. The number of halogens is 1. The zero-order chi connectivity index (χ0) is 12.8. The summed E-state index contributed by atoms with van der Waals surface area (Å²) >= 11 is 6.11. The molecule has 0 bridgehead atoms. The van der Waals surface area contributed by atoms with E-state index in [1.165, 1.54) is 0 Å². The van der Waals surface area contributed by atoms with Gasteiger partial charge in [-0.25, -0.2) is 0 Å². The molecule has 18 heavy (non-hydrogen) atoms. The van der Waals surface area contributed by atoms with Crippen molar-refractivity contribution in [1.29, 1.82) is 0 Å². The molecule has 0 amide bonds. The van der Waals surface area contributed by atoms with E-state index in [4.69, 9.17) is 16.3 Å². The van der Waals surface area contributed by atoms with Gasteiger partial charge in [0.05, 0.1) is 5.02 Å². The highest BCUT2D eigenvalue weighted by atomic mass is 35.5. The molecule has 94 valence electrons. The van der Waals surface area contributed by atoms with E-state index in [9.17, 15) is 0 Å². The molecule has 0 aliphatic carbocycles. The summed E-state index contributed by atoms with van der Waals surface area (Å²) in [6.07, 6.45) is -0.0453. The van der Waals surface area contributed by atoms with E-state index in [2.05, 4.69) is 17.4 Å². The molecular formula is C15H16ClNO. The molecule has 0 heterocycles. The van der Waals surface area contributed by atoms with Crippen molar-refractivity contribution in [2.24, 2.45) is 0 Å². The molecule has 2 nitrogen and oxygen atoms in total. The van der Waals surface area contributed by atoms with Crippen LogP contribution in [-0.4, -0.2) is 13.6 Å². The largest absolute Gasteiger partial charge is 0.483 e. The number of benzene rings is 2. The molecule has 2 aromatic rings. The first-order valence-electron chi connectivity index (χ1n) is 5.92. The number of para-hydroxylation sites is 1. The summed E-state index contributed by atoms with van der Waals surface area (Å²) in [7, 11) is 1.91. The first-order chi connectivity index (χ1) is 8.81. The summed E-state index contributed by atoms with van der Waals surface area (Å²) < 4.78 is 5.98. The van der Waals surface area contributed by atoms with Crippen LogP contribution in [0.1, 0.15) is 11.7 Å². The molecule has 0 aliphatic heterocycles. The lowest BCUT2D eigenvalue weighted by Gasteiger charge is -2.20. The molecule has 2 aromatic carbocycles. The second-order valence-corrected chi connectivity index (χ2v) is 4.41. The predicted molar refractivity (Wildman–Crippen MR) is 75.2 cm³/mol. The first-order valence-corrected chi connectivity index (χ1v) is 6.30. The predicted octanol–water partition coefficient (Wildman–Crippen LogP) is 3.68. The van der Waals surface area contributed by atoms with Crippen LogP contribution in [0, 0.1) is 0 Å². The van der Waals surface area contributed by atoms with Gasteiger partial charge in [0.25, 0.3) is 0 Å². The van der Waals surface area contributed by atoms with Crippen molar-refractivity contribution >= 4 is 11.6 Å². The maximum absolute atomic E-state index is 6.11. The van der Waals surface area contributed by atoms with E-state index in [0.717, 1.165) is 12.1 Å². The van der Waals surface area contributed by atoms with Crippen molar-refractivity contribution in [3.63, 3.8) is 0 Å². The second-order valence-electron chi connectivity index (χ2n) is 4.01. The Balaban J connectivity index is 2.19. The molecule has 0 fully saturated rings. The summed E-state index contributed by atoms with van der Waals surface area (Å²) in [6.45, 7) is 0.731. The highest BCUT2D eigenvalue weighted by Gasteiger charge is 2.13. The lowest BCUT2D eigenvalue weighted by atomic mass is 10.1. The number of hydrogen-bond acceptors (Lipinski definition) is 2. The van der Waals surface area contributed by atoms with E-state index < -0.39 is 0 Å². The van der Waals surface area contributed by atoms with Crippen LogP contribution in [0.5, 0.6) is 5.75 Å². The fourth-order valence-corrected chi connectivity index (χ4v) is 1.95. The van der Waals surface area contributed by atoms with Crippen LogP contribution in [0.2, 0.25) is 5.02 Å². The van der Waals surface area contributed by atoms with Crippen molar-refractivity contribution in [1.82, 2.24) is 5.32 Å². The third kappa shape index (κ3) is 3.25. The van der Waals surface area contributed by atoms with Gasteiger partial charge in [-0.1, -0.05) is 54.1 Å². The number of likely N-dealkylation sites (N-methyl/N-ethyl adjacent to an activating group) is 1. The standard InChI is InChI=1S/C15H16ClNO/c1-17-11-15(12-7-3-2-4-8-12)18-14-10-6-5-9-13(14)16/h2-10,15,17H,11H2,1H3. The highest BCUT2D eigenvalue weighted by Crippen LogP contribution is 2.28. The van der Waals surface area contributed by atoms with Gasteiger partial charge in [-0.2, -0.15) is 0 Å². The topological polar surface area (TPSA) is 21.3 Å². The molecule has 1 N–H and O–H groups in total. The van der Waals surface area contributed by atoms with E-state index in [0.29, 0.717) is 10.8 Å². The zero-order valence-electron chi connectivity index (χ0n) is 10.3. The van der Waals surface area contributed by atoms with Gasteiger partial charge >= 0.3 is 0 Å². The van der Waals surface area contributed by atoms with Crippen LogP contribution in [0.15, 0.2) is 54.6 Å². The van der Waals surface area contributed by atoms with Gasteiger partial charge < -0.3 is 10.1 Å². The van der Waals surface area contributed by atoms with Gasteiger partial charge in [-0.05, 0) is 24.7 Å². The van der Waals surface area contributed by atoms with E-state index in [1.54, 1.807) is 0 Å². The smallest absolute Gasteiger partial charge is 0.138 e. The average Bonchev–Trinajstić information content (AvgIpc) is 2.42. The average molecular weight is 262 g/mol. The van der Waals surface area contributed by atoms with Gasteiger partial charge in [-0.15, -0.1) is 0 Å². The molecule has 0 saturated carbocycles. The molecule has 1 atom stereocenters. The van der Waals surface area contributed by atoms with Crippen molar-refractivity contribution in [3.05, 3.63) is 65.2 Å². The minimum Gasteiger partial charge on any atom is -0.483 e. The van der Waals surface area contributed by atoms with Crippen molar-refractivity contribution in [2.45, 2.75) is 6.10 Å². The Morgan fingerprint density at radius 2 is 1.72 bits per heavy atom. The third-order valence-electron chi connectivity index (χ3n) is 2.67. The normalized spacial score (nSPS) is 12.1. The Morgan fingerprint density at radius 3 is 2.39 bits per heavy atom. The number of rotatable bonds is 5. The Bertz CT molecular complexity index is 487. The summed E-state index contributed by atoms with van der Waals surface area (Å²) in [5.74, 6) is 0.711. The van der Waals surface area contributed by atoms with Crippen molar-refractivity contribution in [3.8, 4) is 5.75 Å². The van der Waals surface area contributed by atoms with Gasteiger partial charge in [0, 0.05) is 6.54 Å². The Kier molecular flexibility index (Phi) is 4.62. The summed E-state index contributed by atoms with van der Waals surface area (Å²) in [4.78, 5) is 0. The summed E-state index contributed by atoms with van der Waals surface area (Å²) in [6, 6.07) is 17.6. The van der Waals surface area contributed by atoms with Crippen LogP contribution >= 0.6 is 11.6 Å². The fraction of sp³-hybridized carbons (Fsp3) is 0.200. The highest BCUT2D eigenvalue weighted by molar-refractivity contribution is 6.32. The molecule has 0 aliphatic rings. The number of ether oxygens (including phenoxy) is 1. The molecule has 0 aromatic heterocycles.